The van der Waals surface area contributed by atoms with E-state index in [0.29, 0.717) is 0 Å². The maximum atomic E-state index is 11.3. The largest absolute Gasteiger partial charge is 0.369 e. The van der Waals surface area contributed by atoms with Crippen molar-refractivity contribution >= 4 is 23.7 Å². The number of nitrogens with zero attached hydrogens (tertiary/aromatic N) is 5. The van der Waals surface area contributed by atoms with E-state index in [1.54, 1.807) is 13.3 Å². The first-order chi connectivity index (χ1) is 11.0. The highest BCUT2D eigenvalue weighted by molar-refractivity contribution is 7.71. The van der Waals surface area contributed by atoms with Gasteiger partial charge in [0.2, 0.25) is 0 Å². The lowest BCUT2D eigenvalue weighted by atomic mass is 10.1. The number of aromatic nitrogens is 3. The fourth-order valence-corrected chi connectivity index (χ4v) is 2.91. The quantitative estimate of drug-likeness (QED) is 0.633. The van der Waals surface area contributed by atoms with Crippen LogP contribution in [0.4, 0.5) is 5.69 Å². The summed E-state index contributed by atoms with van der Waals surface area (Å²) < 4.78 is 4.45. The predicted molar refractivity (Wildman–Crippen MR) is 92.3 cm³/mol. The standard InChI is InChI=1S/C16H21N5OS/c1-13(22)14-3-5-15(6-4-14)20-9-7-19(8-10-20)12-21-16(23)18(2)11-17-21/h3-6,11H,7-10,12H2,1-2H3. The second-order valence-electron chi connectivity index (χ2n) is 5.87. The van der Waals surface area contributed by atoms with Gasteiger partial charge in [-0.1, -0.05) is 0 Å². The normalized spacial score (nSPS) is 15.8. The molecule has 3 rings (SSSR count). The van der Waals surface area contributed by atoms with Crippen LogP contribution in [-0.4, -0.2) is 51.2 Å². The van der Waals surface area contributed by atoms with Gasteiger partial charge in [-0.2, -0.15) is 5.10 Å². The van der Waals surface area contributed by atoms with Gasteiger partial charge in [-0.15, -0.1) is 0 Å². The molecule has 1 aromatic carbocycles. The Morgan fingerprint density at radius 3 is 2.35 bits per heavy atom. The molecule has 1 fully saturated rings. The number of carbonyl (C=O) groups is 1. The highest BCUT2D eigenvalue weighted by Crippen LogP contribution is 2.17. The molecule has 0 unspecified atom stereocenters. The molecule has 0 N–H and O–H groups in total. The van der Waals surface area contributed by atoms with Crippen LogP contribution in [0.5, 0.6) is 0 Å². The molecule has 6 nitrogen and oxygen atoms in total. The fourth-order valence-electron chi connectivity index (χ4n) is 2.76. The van der Waals surface area contributed by atoms with Gasteiger partial charge in [0.15, 0.2) is 10.6 Å². The summed E-state index contributed by atoms with van der Waals surface area (Å²) in [5, 5.41) is 4.30. The van der Waals surface area contributed by atoms with Gasteiger partial charge in [0.1, 0.15) is 6.33 Å². The van der Waals surface area contributed by atoms with Gasteiger partial charge < -0.3 is 9.47 Å². The molecule has 1 saturated heterocycles. The van der Waals surface area contributed by atoms with Gasteiger partial charge in [0.05, 0.1) is 6.67 Å². The molecule has 23 heavy (non-hydrogen) atoms. The summed E-state index contributed by atoms with van der Waals surface area (Å²) in [7, 11) is 1.91. The summed E-state index contributed by atoms with van der Waals surface area (Å²) in [5.74, 6) is 0.105. The topological polar surface area (TPSA) is 46.3 Å². The highest BCUT2D eigenvalue weighted by atomic mass is 32.1. The van der Waals surface area contributed by atoms with Crippen molar-refractivity contribution in [2.24, 2.45) is 7.05 Å². The molecule has 1 aromatic heterocycles. The zero-order valence-electron chi connectivity index (χ0n) is 13.5. The average Bonchev–Trinajstić information content (AvgIpc) is 2.88. The Bertz CT molecular complexity index is 741. The molecule has 2 heterocycles. The van der Waals surface area contributed by atoms with Crippen molar-refractivity contribution in [2.75, 3.05) is 31.1 Å². The van der Waals surface area contributed by atoms with Crippen molar-refractivity contribution in [1.29, 1.82) is 0 Å². The van der Waals surface area contributed by atoms with Crippen LogP contribution >= 0.6 is 12.2 Å². The number of rotatable bonds is 4. The van der Waals surface area contributed by atoms with Crippen LogP contribution < -0.4 is 4.90 Å². The minimum Gasteiger partial charge on any atom is -0.369 e. The third-order valence-electron chi connectivity index (χ3n) is 4.23. The van der Waals surface area contributed by atoms with Crippen LogP contribution in [0.2, 0.25) is 0 Å². The SMILES string of the molecule is CC(=O)c1ccc(N2CCN(Cn3ncn(C)c3=S)CC2)cc1. The summed E-state index contributed by atoms with van der Waals surface area (Å²) in [6.07, 6.45) is 1.75. The van der Waals surface area contributed by atoms with E-state index in [2.05, 4.69) is 14.9 Å². The number of hydrogen-bond acceptors (Lipinski definition) is 5. The van der Waals surface area contributed by atoms with Crippen LogP contribution in [0.3, 0.4) is 0 Å². The molecule has 7 heteroatoms. The molecule has 1 aliphatic heterocycles. The number of piperazine rings is 1. The molecule has 2 aromatic rings. The molecule has 0 bridgehead atoms. The van der Waals surface area contributed by atoms with Crippen LogP contribution in [0.15, 0.2) is 30.6 Å². The van der Waals surface area contributed by atoms with Crippen LogP contribution in [0.1, 0.15) is 17.3 Å². The summed E-state index contributed by atoms with van der Waals surface area (Å²) >= 11 is 5.33. The molecule has 0 radical (unpaired) electrons. The Balaban J connectivity index is 1.58. The highest BCUT2D eigenvalue weighted by Gasteiger charge is 2.18. The summed E-state index contributed by atoms with van der Waals surface area (Å²) in [4.78, 5) is 16.0. The van der Waals surface area contributed by atoms with Gasteiger partial charge in [0, 0.05) is 44.5 Å². The van der Waals surface area contributed by atoms with Crippen molar-refractivity contribution in [2.45, 2.75) is 13.6 Å². The van der Waals surface area contributed by atoms with Crippen molar-refractivity contribution < 1.29 is 4.79 Å². The third-order valence-corrected chi connectivity index (χ3v) is 4.73. The van der Waals surface area contributed by atoms with Crippen molar-refractivity contribution in [3.8, 4) is 0 Å². The molecule has 0 spiro atoms. The molecule has 122 valence electrons. The number of benzene rings is 1. The summed E-state index contributed by atoms with van der Waals surface area (Å²) in [6.45, 7) is 6.17. The van der Waals surface area contributed by atoms with E-state index < -0.39 is 0 Å². The number of ketones is 1. The lowest BCUT2D eigenvalue weighted by Crippen LogP contribution is -2.47. The molecule has 0 aliphatic carbocycles. The minimum absolute atomic E-state index is 0.105. The average molecular weight is 331 g/mol. The second-order valence-corrected chi connectivity index (χ2v) is 6.24. The van der Waals surface area contributed by atoms with Gasteiger partial charge >= 0.3 is 0 Å². The van der Waals surface area contributed by atoms with Gasteiger partial charge in [-0.25, -0.2) is 4.68 Å². The third kappa shape index (κ3) is 3.51. The van der Waals surface area contributed by atoms with Gasteiger partial charge in [-0.3, -0.25) is 9.69 Å². The van der Waals surface area contributed by atoms with E-state index in [1.807, 2.05) is 40.6 Å². The van der Waals surface area contributed by atoms with Gasteiger partial charge in [0.25, 0.3) is 0 Å². The molecule has 0 amide bonds. The Hall–Kier alpha value is -1.99. The smallest absolute Gasteiger partial charge is 0.198 e. The van der Waals surface area contributed by atoms with Crippen molar-refractivity contribution in [3.63, 3.8) is 0 Å². The van der Waals surface area contributed by atoms with E-state index in [0.717, 1.165) is 43.2 Å². The van der Waals surface area contributed by atoms with E-state index in [4.69, 9.17) is 12.2 Å². The van der Waals surface area contributed by atoms with Crippen LogP contribution in [0.25, 0.3) is 0 Å². The minimum atomic E-state index is 0.105. The first-order valence-electron chi connectivity index (χ1n) is 7.71. The Kier molecular flexibility index (Phi) is 4.58. The first-order valence-corrected chi connectivity index (χ1v) is 8.12. The Morgan fingerprint density at radius 1 is 1.17 bits per heavy atom. The molecule has 0 atom stereocenters. The van der Waals surface area contributed by atoms with Crippen LogP contribution in [-0.2, 0) is 13.7 Å². The zero-order chi connectivity index (χ0) is 16.4. The number of anilines is 1. The van der Waals surface area contributed by atoms with Crippen LogP contribution in [0, 0.1) is 4.77 Å². The van der Waals surface area contributed by atoms with Crippen molar-refractivity contribution in [3.05, 3.63) is 40.9 Å². The van der Waals surface area contributed by atoms with E-state index >= 15 is 0 Å². The molecule has 0 saturated carbocycles. The molecule has 1 aliphatic rings. The van der Waals surface area contributed by atoms with E-state index in [1.165, 1.54) is 5.69 Å². The zero-order valence-corrected chi connectivity index (χ0v) is 14.3. The second kappa shape index (κ2) is 6.64. The van der Waals surface area contributed by atoms with Crippen molar-refractivity contribution in [1.82, 2.24) is 19.2 Å². The van der Waals surface area contributed by atoms with E-state index in [9.17, 15) is 4.79 Å². The lowest BCUT2D eigenvalue weighted by Gasteiger charge is -2.35. The number of carbonyl (C=O) groups excluding carboxylic acids is 1. The number of aryl methyl sites for hydroxylation is 1. The number of hydrogen-bond donors (Lipinski definition) is 0. The first kappa shape index (κ1) is 15.9. The maximum Gasteiger partial charge on any atom is 0.198 e. The lowest BCUT2D eigenvalue weighted by molar-refractivity contribution is 0.101. The Labute approximate surface area is 140 Å². The van der Waals surface area contributed by atoms with Gasteiger partial charge in [-0.05, 0) is 43.4 Å². The molecular formula is C16H21N5OS. The maximum absolute atomic E-state index is 11.3. The fraction of sp³-hybridized carbons (Fsp3) is 0.438. The monoisotopic (exact) mass is 331 g/mol. The summed E-state index contributed by atoms with van der Waals surface area (Å²) in [5.41, 5.74) is 1.93. The predicted octanol–water partition coefficient (Wildman–Crippen LogP) is 1.93. The summed E-state index contributed by atoms with van der Waals surface area (Å²) in [6, 6.07) is 7.86. The molecular weight excluding hydrogens is 310 g/mol. The van der Waals surface area contributed by atoms with E-state index in [-0.39, 0.29) is 5.78 Å². The Morgan fingerprint density at radius 2 is 1.83 bits per heavy atom. The number of Topliss-reactive ketones (excluding diaryl/α,β-unsaturated/α-hetero) is 1.